The van der Waals surface area contributed by atoms with Crippen LogP contribution < -0.4 is 10.6 Å². The smallest absolute Gasteiger partial charge is 0.305 e. The molecule has 0 spiro atoms. The van der Waals surface area contributed by atoms with Gasteiger partial charge in [0.25, 0.3) is 0 Å². The molecule has 0 radical (unpaired) electrons. The summed E-state index contributed by atoms with van der Waals surface area (Å²) in [7, 11) is 3.11. The fourth-order valence-electron chi connectivity index (χ4n) is 2.76. The van der Waals surface area contributed by atoms with Crippen LogP contribution in [0.3, 0.4) is 0 Å². The zero-order chi connectivity index (χ0) is 17.4. The molecule has 1 saturated carbocycles. The number of nitrogens with one attached hydrogen (secondary N) is 2. The van der Waals surface area contributed by atoms with Crippen LogP contribution in [0.15, 0.2) is 29.3 Å². The van der Waals surface area contributed by atoms with Gasteiger partial charge in [-0.05, 0) is 37.3 Å². The highest BCUT2D eigenvalue weighted by Crippen LogP contribution is 2.48. The van der Waals surface area contributed by atoms with E-state index in [0.717, 1.165) is 37.8 Å². The van der Waals surface area contributed by atoms with E-state index in [-0.39, 0.29) is 17.2 Å². The average molecular weight is 335 g/mol. The summed E-state index contributed by atoms with van der Waals surface area (Å²) in [5.41, 5.74) is 0.666. The molecule has 0 amide bonds. The van der Waals surface area contributed by atoms with Gasteiger partial charge in [-0.3, -0.25) is 9.79 Å². The highest BCUT2D eigenvalue weighted by atomic mass is 19.1. The van der Waals surface area contributed by atoms with Gasteiger partial charge in [-0.15, -0.1) is 0 Å². The number of benzene rings is 1. The van der Waals surface area contributed by atoms with Gasteiger partial charge in [0.15, 0.2) is 5.96 Å². The number of methoxy groups -OCH3 is 1. The normalized spacial score (nSPS) is 15.7. The second kappa shape index (κ2) is 8.66. The minimum absolute atomic E-state index is 0.117. The molecule has 1 aliphatic rings. The third-order valence-electron chi connectivity index (χ3n) is 4.44. The number of hydrogen-bond donors (Lipinski definition) is 2. The summed E-state index contributed by atoms with van der Waals surface area (Å²) in [5, 5.41) is 6.51. The quantitative estimate of drug-likeness (QED) is 0.331. The lowest BCUT2D eigenvalue weighted by Gasteiger charge is -2.19. The van der Waals surface area contributed by atoms with Crippen molar-refractivity contribution in [3.63, 3.8) is 0 Å². The molecule has 0 atom stereocenters. The number of unbranched alkanes of at least 4 members (excludes halogenated alkanes) is 1. The lowest BCUT2D eigenvalue weighted by atomic mass is 9.95. The fraction of sp³-hybridized carbons (Fsp3) is 0.556. The van der Waals surface area contributed by atoms with Crippen molar-refractivity contribution in [1.82, 2.24) is 10.6 Å². The third-order valence-corrected chi connectivity index (χ3v) is 4.44. The van der Waals surface area contributed by atoms with Crippen molar-refractivity contribution < 1.29 is 13.9 Å². The Hall–Kier alpha value is -2.11. The number of aliphatic imine (C=N–C) groups is 1. The molecule has 0 aliphatic heterocycles. The standard InChI is InChI=1S/C18H26FN3O2/c1-20-17(21-12-6-5-9-16(23)24-2)22-13-18(10-11-18)14-7-3-4-8-15(14)19/h3-4,7-8H,5-6,9-13H2,1-2H3,(H2,20,21,22). The summed E-state index contributed by atoms with van der Waals surface area (Å²) in [6.07, 6.45) is 4.03. The van der Waals surface area contributed by atoms with Gasteiger partial charge >= 0.3 is 5.97 Å². The number of rotatable bonds is 8. The van der Waals surface area contributed by atoms with Crippen LogP contribution >= 0.6 is 0 Å². The van der Waals surface area contributed by atoms with Crippen molar-refractivity contribution in [2.24, 2.45) is 4.99 Å². The molecule has 6 heteroatoms. The number of ether oxygens (including phenoxy) is 1. The van der Waals surface area contributed by atoms with E-state index in [1.54, 1.807) is 13.1 Å². The number of esters is 1. The molecule has 24 heavy (non-hydrogen) atoms. The summed E-state index contributed by atoms with van der Waals surface area (Å²) in [4.78, 5) is 15.2. The van der Waals surface area contributed by atoms with Crippen molar-refractivity contribution in [2.45, 2.75) is 37.5 Å². The Bertz CT molecular complexity index is 585. The zero-order valence-corrected chi connectivity index (χ0v) is 14.4. The third kappa shape index (κ3) is 4.94. The van der Waals surface area contributed by atoms with Gasteiger partial charge in [-0.25, -0.2) is 4.39 Å². The lowest BCUT2D eigenvalue weighted by Crippen LogP contribution is -2.41. The van der Waals surface area contributed by atoms with E-state index in [9.17, 15) is 9.18 Å². The highest BCUT2D eigenvalue weighted by Gasteiger charge is 2.45. The van der Waals surface area contributed by atoms with Crippen molar-refractivity contribution in [3.8, 4) is 0 Å². The van der Waals surface area contributed by atoms with Crippen LogP contribution in [0.2, 0.25) is 0 Å². The number of hydrogen-bond acceptors (Lipinski definition) is 3. The van der Waals surface area contributed by atoms with Gasteiger partial charge < -0.3 is 15.4 Å². The van der Waals surface area contributed by atoms with E-state index >= 15 is 0 Å². The van der Waals surface area contributed by atoms with E-state index in [2.05, 4.69) is 20.4 Å². The molecule has 1 aromatic rings. The Balaban J connectivity index is 1.74. The number of carbonyl (C=O) groups excluding carboxylic acids is 1. The molecule has 0 unspecified atom stereocenters. The maximum atomic E-state index is 14.0. The molecule has 1 aliphatic carbocycles. The monoisotopic (exact) mass is 335 g/mol. The second-order valence-electron chi connectivity index (χ2n) is 6.15. The first-order valence-electron chi connectivity index (χ1n) is 8.37. The minimum atomic E-state index is -0.182. The second-order valence-corrected chi connectivity index (χ2v) is 6.15. The molecule has 1 aromatic carbocycles. The molecule has 1 fully saturated rings. The summed E-state index contributed by atoms with van der Waals surface area (Å²) < 4.78 is 18.6. The zero-order valence-electron chi connectivity index (χ0n) is 14.4. The summed E-state index contributed by atoms with van der Waals surface area (Å²) >= 11 is 0. The Morgan fingerprint density at radius 3 is 2.67 bits per heavy atom. The molecular weight excluding hydrogens is 309 g/mol. The van der Waals surface area contributed by atoms with Gasteiger partial charge in [-0.1, -0.05) is 18.2 Å². The van der Waals surface area contributed by atoms with E-state index < -0.39 is 0 Å². The molecule has 5 nitrogen and oxygen atoms in total. The van der Waals surface area contributed by atoms with Crippen molar-refractivity contribution in [2.75, 3.05) is 27.2 Å². The van der Waals surface area contributed by atoms with Gasteiger partial charge in [-0.2, -0.15) is 0 Å². The van der Waals surface area contributed by atoms with Crippen LogP contribution in [0, 0.1) is 5.82 Å². The Morgan fingerprint density at radius 2 is 2.04 bits per heavy atom. The summed E-state index contributed by atoms with van der Waals surface area (Å²) in [6.45, 7) is 1.39. The molecule has 0 bridgehead atoms. The maximum Gasteiger partial charge on any atom is 0.305 e. The van der Waals surface area contributed by atoms with E-state index in [1.165, 1.54) is 13.2 Å². The van der Waals surface area contributed by atoms with Crippen LogP contribution in [0.25, 0.3) is 0 Å². The highest BCUT2D eigenvalue weighted by molar-refractivity contribution is 5.79. The Kier molecular flexibility index (Phi) is 6.58. The molecule has 0 heterocycles. The van der Waals surface area contributed by atoms with Gasteiger partial charge in [0.05, 0.1) is 7.11 Å². The van der Waals surface area contributed by atoms with Crippen molar-refractivity contribution >= 4 is 11.9 Å². The predicted molar refractivity (Wildman–Crippen MR) is 92.5 cm³/mol. The van der Waals surface area contributed by atoms with Gasteiger partial charge in [0.2, 0.25) is 0 Å². The van der Waals surface area contributed by atoms with E-state index in [4.69, 9.17) is 0 Å². The summed E-state index contributed by atoms with van der Waals surface area (Å²) in [5.74, 6) is 0.385. The largest absolute Gasteiger partial charge is 0.469 e. The predicted octanol–water partition coefficient (Wildman–Crippen LogP) is 2.37. The Labute approximate surface area is 142 Å². The molecule has 2 N–H and O–H groups in total. The summed E-state index contributed by atoms with van der Waals surface area (Å²) in [6, 6.07) is 6.99. The van der Waals surface area contributed by atoms with Crippen LogP contribution in [0.4, 0.5) is 4.39 Å². The number of carbonyl (C=O) groups is 1. The van der Waals surface area contributed by atoms with Crippen LogP contribution in [-0.2, 0) is 14.9 Å². The van der Waals surface area contributed by atoms with E-state index in [0.29, 0.717) is 18.9 Å². The van der Waals surface area contributed by atoms with Crippen LogP contribution in [-0.4, -0.2) is 39.2 Å². The maximum absolute atomic E-state index is 14.0. The molecule has 0 aromatic heterocycles. The fourth-order valence-corrected chi connectivity index (χ4v) is 2.76. The number of nitrogens with zero attached hydrogens (tertiary/aromatic N) is 1. The van der Waals surface area contributed by atoms with Gasteiger partial charge in [0.1, 0.15) is 5.82 Å². The molecule has 0 saturated heterocycles. The van der Waals surface area contributed by atoms with E-state index in [1.807, 2.05) is 12.1 Å². The first-order valence-corrected chi connectivity index (χ1v) is 8.37. The number of guanidine groups is 1. The molecule has 2 rings (SSSR count). The Morgan fingerprint density at radius 1 is 1.29 bits per heavy atom. The topological polar surface area (TPSA) is 62.7 Å². The lowest BCUT2D eigenvalue weighted by molar-refractivity contribution is -0.140. The minimum Gasteiger partial charge on any atom is -0.469 e. The van der Waals surface area contributed by atoms with Crippen LogP contribution in [0.5, 0.6) is 0 Å². The average Bonchev–Trinajstić information content (AvgIpc) is 3.38. The van der Waals surface area contributed by atoms with Gasteiger partial charge in [0, 0.05) is 32.0 Å². The number of halogens is 1. The first kappa shape index (κ1) is 18.2. The van der Waals surface area contributed by atoms with Crippen molar-refractivity contribution in [3.05, 3.63) is 35.6 Å². The first-order chi connectivity index (χ1) is 11.6. The molecule has 132 valence electrons. The van der Waals surface area contributed by atoms with Crippen LogP contribution in [0.1, 0.15) is 37.7 Å². The SMILES string of the molecule is CN=C(NCCCCC(=O)OC)NCC1(c2ccccc2F)CC1. The molecular formula is C18H26FN3O2. The van der Waals surface area contributed by atoms with Crippen molar-refractivity contribution in [1.29, 1.82) is 0 Å².